The van der Waals surface area contributed by atoms with Crippen LogP contribution < -0.4 is 5.32 Å². The maximum Gasteiger partial charge on any atom is 0.123 e. The molecule has 1 aliphatic carbocycles. The molecule has 3 nitrogen and oxygen atoms in total. The van der Waals surface area contributed by atoms with Gasteiger partial charge >= 0.3 is 0 Å². The molecule has 2 N–H and O–H groups in total. The van der Waals surface area contributed by atoms with Gasteiger partial charge in [-0.3, -0.25) is 4.90 Å². The van der Waals surface area contributed by atoms with Crippen molar-refractivity contribution in [3.05, 3.63) is 28.8 Å². The number of nitrogens with zero attached hydrogens (tertiary/aromatic N) is 1. The van der Waals surface area contributed by atoms with Gasteiger partial charge in [0.1, 0.15) is 5.75 Å². The molecule has 0 bridgehead atoms. The second-order valence-electron chi connectivity index (χ2n) is 10.4. The third-order valence-electron chi connectivity index (χ3n) is 6.23. The highest BCUT2D eigenvalue weighted by Gasteiger charge is 2.36. The normalized spacial score (nSPS) is 19.9. The van der Waals surface area contributed by atoms with Gasteiger partial charge in [-0.05, 0) is 58.4 Å². The van der Waals surface area contributed by atoms with Crippen molar-refractivity contribution in [1.82, 2.24) is 10.2 Å². The van der Waals surface area contributed by atoms with Crippen LogP contribution in [0.15, 0.2) is 12.1 Å². The number of hydrogen-bond donors (Lipinski definition) is 2. The third kappa shape index (κ3) is 5.36. The van der Waals surface area contributed by atoms with Crippen molar-refractivity contribution in [2.24, 2.45) is 5.92 Å². The van der Waals surface area contributed by atoms with Crippen LogP contribution in [0.1, 0.15) is 83.5 Å². The highest BCUT2D eigenvalue weighted by Crippen LogP contribution is 2.46. The van der Waals surface area contributed by atoms with Gasteiger partial charge in [-0.1, -0.05) is 48.0 Å². The molecule has 1 aliphatic heterocycles. The molecular formula is C23H40Cl2N2O. The Morgan fingerprint density at radius 3 is 1.75 bits per heavy atom. The summed E-state index contributed by atoms with van der Waals surface area (Å²) in [4.78, 5) is 2.69. The monoisotopic (exact) mass is 430 g/mol. The van der Waals surface area contributed by atoms with Crippen molar-refractivity contribution < 1.29 is 5.11 Å². The Hall–Kier alpha value is -0.480. The summed E-state index contributed by atoms with van der Waals surface area (Å²) in [6.07, 6.45) is 4.04. The molecule has 1 saturated carbocycles. The fourth-order valence-electron chi connectivity index (χ4n) is 4.47. The van der Waals surface area contributed by atoms with Crippen LogP contribution in [0.25, 0.3) is 0 Å². The van der Waals surface area contributed by atoms with Crippen molar-refractivity contribution in [2.75, 3.05) is 26.2 Å². The van der Waals surface area contributed by atoms with E-state index in [1.54, 1.807) is 0 Å². The Labute approximate surface area is 184 Å². The lowest BCUT2D eigenvalue weighted by atomic mass is 9.72. The summed E-state index contributed by atoms with van der Waals surface area (Å²) in [5, 5.41) is 14.6. The van der Waals surface area contributed by atoms with Gasteiger partial charge in [0.05, 0.1) is 0 Å². The SMILES string of the molecule is CC(C)(C)c1cc([C@H](C2CCC2)N2CCNCC2)cc(C(C)(C)C)c1O.Cl.Cl. The summed E-state index contributed by atoms with van der Waals surface area (Å²) in [5.74, 6) is 1.26. The van der Waals surface area contributed by atoms with Gasteiger partial charge in [0, 0.05) is 32.2 Å². The molecule has 1 atom stereocenters. The number of phenolic OH excluding ortho intramolecular Hbond substituents is 1. The van der Waals surface area contributed by atoms with Crippen molar-refractivity contribution in [3.8, 4) is 5.75 Å². The van der Waals surface area contributed by atoms with Gasteiger partial charge in [0.2, 0.25) is 0 Å². The lowest BCUT2D eigenvalue weighted by Crippen LogP contribution is -2.48. The van der Waals surface area contributed by atoms with E-state index in [2.05, 4.69) is 63.9 Å². The molecule has 2 aliphatic rings. The first kappa shape index (κ1) is 25.6. The predicted octanol–water partition coefficient (Wildman–Crippen LogP) is 5.58. The highest BCUT2D eigenvalue weighted by atomic mass is 35.5. The Morgan fingerprint density at radius 2 is 1.39 bits per heavy atom. The smallest absolute Gasteiger partial charge is 0.123 e. The molecule has 0 aromatic heterocycles. The summed E-state index contributed by atoms with van der Waals surface area (Å²) >= 11 is 0. The van der Waals surface area contributed by atoms with E-state index in [9.17, 15) is 5.11 Å². The minimum atomic E-state index is -0.0618. The summed E-state index contributed by atoms with van der Waals surface area (Å²) in [7, 11) is 0. The number of phenols is 1. The molecule has 0 radical (unpaired) electrons. The maximum absolute atomic E-state index is 11.1. The van der Waals surface area contributed by atoms with E-state index in [-0.39, 0.29) is 35.6 Å². The topological polar surface area (TPSA) is 35.5 Å². The van der Waals surface area contributed by atoms with Gasteiger partial charge < -0.3 is 10.4 Å². The zero-order chi connectivity index (χ0) is 19.1. The van der Waals surface area contributed by atoms with Crippen LogP contribution in [0.5, 0.6) is 5.75 Å². The summed E-state index contributed by atoms with van der Waals surface area (Å²) in [5.41, 5.74) is 3.49. The molecule has 1 aromatic carbocycles. The van der Waals surface area contributed by atoms with Crippen molar-refractivity contribution in [1.29, 1.82) is 0 Å². The lowest BCUT2D eigenvalue weighted by molar-refractivity contribution is 0.0834. The van der Waals surface area contributed by atoms with Crippen LogP contribution >= 0.6 is 24.8 Å². The standard InChI is InChI=1S/C23H38N2O.2ClH/c1-22(2,3)18-14-17(15-19(21(18)26)23(4,5)6)20(16-8-7-9-16)25-12-10-24-11-13-25;;/h14-16,20,24,26H,7-13H2,1-6H3;2*1H/t20-;;/m0../s1. The maximum atomic E-state index is 11.1. The van der Waals surface area contributed by atoms with Gasteiger partial charge in [-0.2, -0.15) is 0 Å². The first-order chi connectivity index (χ1) is 12.1. The van der Waals surface area contributed by atoms with E-state index < -0.39 is 0 Å². The molecule has 0 unspecified atom stereocenters. The van der Waals surface area contributed by atoms with E-state index in [0.29, 0.717) is 11.8 Å². The zero-order valence-corrected chi connectivity index (χ0v) is 20.1. The Balaban J connectivity index is 0.00000196. The summed E-state index contributed by atoms with van der Waals surface area (Å²) in [6.45, 7) is 17.7. The van der Waals surface area contributed by atoms with Crippen LogP contribution in [0.2, 0.25) is 0 Å². The number of nitrogens with one attached hydrogen (secondary N) is 1. The molecule has 28 heavy (non-hydrogen) atoms. The number of piperazine rings is 1. The quantitative estimate of drug-likeness (QED) is 0.656. The van der Waals surface area contributed by atoms with Gasteiger partial charge in [0.15, 0.2) is 0 Å². The molecule has 5 heteroatoms. The average Bonchev–Trinajstić information content (AvgIpc) is 2.50. The minimum absolute atomic E-state index is 0. The molecule has 3 rings (SSSR count). The van der Waals surface area contributed by atoms with Gasteiger partial charge in [0.25, 0.3) is 0 Å². The van der Waals surface area contributed by atoms with Crippen LogP contribution in [0.3, 0.4) is 0 Å². The zero-order valence-electron chi connectivity index (χ0n) is 18.5. The first-order valence-electron chi connectivity index (χ1n) is 10.4. The first-order valence-corrected chi connectivity index (χ1v) is 10.4. The fraction of sp³-hybridized carbons (Fsp3) is 0.739. The van der Waals surface area contributed by atoms with Crippen LogP contribution in [-0.2, 0) is 10.8 Å². The second kappa shape index (κ2) is 9.55. The second-order valence-corrected chi connectivity index (χ2v) is 10.4. The highest BCUT2D eigenvalue weighted by molar-refractivity contribution is 5.85. The largest absolute Gasteiger partial charge is 0.507 e. The Bertz CT molecular complexity index is 604. The average molecular weight is 431 g/mol. The van der Waals surface area contributed by atoms with Crippen molar-refractivity contribution in [2.45, 2.75) is 77.7 Å². The van der Waals surface area contributed by atoms with E-state index in [1.807, 2.05) is 0 Å². The van der Waals surface area contributed by atoms with Crippen LogP contribution in [-0.4, -0.2) is 36.2 Å². The van der Waals surface area contributed by atoms with E-state index in [4.69, 9.17) is 0 Å². The molecular weight excluding hydrogens is 391 g/mol. The molecule has 0 spiro atoms. The Kier molecular flexibility index (Phi) is 8.72. The number of aromatic hydroxyl groups is 1. The molecule has 0 amide bonds. The Morgan fingerprint density at radius 1 is 0.929 bits per heavy atom. The minimum Gasteiger partial charge on any atom is -0.507 e. The molecule has 1 heterocycles. The molecule has 2 fully saturated rings. The van der Waals surface area contributed by atoms with Crippen LogP contribution in [0.4, 0.5) is 0 Å². The lowest BCUT2D eigenvalue weighted by Gasteiger charge is -2.44. The van der Waals surface area contributed by atoms with Gasteiger partial charge in [-0.15, -0.1) is 24.8 Å². The van der Waals surface area contributed by atoms with E-state index in [0.717, 1.165) is 43.2 Å². The summed E-state index contributed by atoms with van der Waals surface area (Å²) < 4.78 is 0. The van der Waals surface area contributed by atoms with Gasteiger partial charge in [-0.25, -0.2) is 0 Å². The number of rotatable bonds is 3. The molecule has 1 aromatic rings. The van der Waals surface area contributed by atoms with Crippen molar-refractivity contribution >= 4 is 24.8 Å². The number of hydrogen-bond acceptors (Lipinski definition) is 3. The van der Waals surface area contributed by atoms with E-state index in [1.165, 1.54) is 24.8 Å². The van der Waals surface area contributed by atoms with Crippen LogP contribution in [0, 0.1) is 5.92 Å². The molecule has 162 valence electrons. The molecule has 1 saturated heterocycles. The van der Waals surface area contributed by atoms with Crippen molar-refractivity contribution in [3.63, 3.8) is 0 Å². The number of halogens is 2. The number of benzene rings is 1. The fourth-order valence-corrected chi connectivity index (χ4v) is 4.47. The van der Waals surface area contributed by atoms with E-state index >= 15 is 0 Å². The predicted molar refractivity (Wildman–Crippen MR) is 125 cm³/mol. The summed E-state index contributed by atoms with van der Waals surface area (Å²) in [6, 6.07) is 5.12. The third-order valence-corrected chi connectivity index (χ3v) is 6.23.